The van der Waals surface area contributed by atoms with E-state index in [2.05, 4.69) is 30.1 Å². The molecule has 0 saturated heterocycles. The highest BCUT2D eigenvalue weighted by Crippen LogP contribution is 2.39. The summed E-state index contributed by atoms with van der Waals surface area (Å²) in [7, 11) is 0. The molecule has 1 N–H and O–H groups in total. The SMILES string of the molecule is CC(C)CCN(CC(=O)NC(C)(C#N)C1CC1)C1CC1. The largest absolute Gasteiger partial charge is 0.337 e. The Bertz CT molecular complexity index is 393. The number of nitriles is 1. The van der Waals surface area contributed by atoms with Crippen LogP contribution in [0.2, 0.25) is 0 Å². The number of carbonyl (C=O) groups excluding carboxylic acids is 1. The molecule has 0 aromatic heterocycles. The number of amides is 1. The first-order valence-corrected chi connectivity index (χ1v) is 7.91. The fraction of sp³-hybridized carbons (Fsp3) is 0.875. The number of carbonyl (C=O) groups is 1. The van der Waals surface area contributed by atoms with Crippen molar-refractivity contribution in [3.8, 4) is 6.07 Å². The average molecular weight is 277 g/mol. The molecule has 4 heteroatoms. The standard InChI is InChI=1S/C16H27N3O/c1-12(2)8-9-19(14-6-7-14)10-15(20)18-16(3,11-17)13-4-5-13/h12-14H,4-10H2,1-3H3,(H,18,20). The van der Waals surface area contributed by atoms with E-state index in [1.165, 1.54) is 12.8 Å². The molecule has 2 aliphatic carbocycles. The average Bonchev–Trinajstić information content (AvgIpc) is 3.25. The quantitative estimate of drug-likeness (QED) is 0.740. The van der Waals surface area contributed by atoms with Gasteiger partial charge in [0, 0.05) is 6.04 Å². The fourth-order valence-corrected chi connectivity index (χ4v) is 2.65. The van der Waals surface area contributed by atoms with Crippen LogP contribution in [0.5, 0.6) is 0 Å². The van der Waals surface area contributed by atoms with Gasteiger partial charge in [0.2, 0.25) is 5.91 Å². The van der Waals surface area contributed by atoms with Gasteiger partial charge in [0.05, 0.1) is 12.6 Å². The van der Waals surface area contributed by atoms with Crippen molar-refractivity contribution in [1.82, 2.24) is 10.2 Å². The Morgan fingerprint density at radius 2 is 2.05 bits per heavy atom. The van der Waals surface area contributed by atoms with Crippen molar-refractivity contribution in [3.05, 3.63) is 0 Å². The lowest BCUT2D eigenvalue weighted by Gasteiger charge is -2.27. The lowest BCUT2D eigenvalue weighted by molar-refractivity contribution is -0.123. The summed E-state index contributed by atoms with van der Waals surface area (Å²) in [6.07, 6.45) is 5.67. The second-order valence-electron chi connectivity index (χ2n) is 7.02. The van der Waals surface area contributed by atoms with Crippen molar-refractivity contribution in [2.45, 2.75) is 64.5 Å². The molecule has 2 rings (SSSR count). The summed E-state index contributed by atoms with van der Waals surface area (Å²) in [6, 6.07) is 2.88. The van der Waals surface area contributed by atoms with Gasteiger partial charge in [0.25, 0.3) is 0 Å². The van der Waals surface area contributed by atoms with Crippen LogP contribution in [-0.4, -0.2) is 35.5 Å². The molecule has 0 spiro atoms. The molecule has 0 aliphatic heterocycles. The molecular weight excluding hydrogens is 250 g/mol. The van der Waals surface area contributed by atoms with E-state index in [0.717, 1.165) is 25.8 Å². The Hall–Kier alpha value is -1.08. The minimum absolute atomic E-state index is 0.0107. The molecule has 0 aromatic carbocycles. The van der Waals surface area contributed by atoms with Crippen LogP contribution in [0.4, 0.5) is 0 Å². The van der Waals surface area contributed by atoms with E-state index in [9.17, 15) is 10.1 Å². The van der Waals surface area contributed by atoms with Crippen LogP contribution in [0.3, 0.4) is 0 Å². The zero-order valence-corrected chi connectivity index (χ0v) is 13.0. The maximum absolute atomic E-state index is 12.2. The number of hydrogen-bond donors (Lipinski definition) is 1. The molecule has 4 nitrogen and oxygen atoms in total. The first-order chi connectivity index (χ1) is 9.44. The van der Waals surface area contributed by atoms with Gasteiger partial charge in [-0.2, -0.15) is 5.26 Å². The molecule has 0 heterocycles. The number of nitrogens with one attached hydrogen (secondary N) is 1. The Morgan fingerprint density at radius 1 is 1.40 bits per heavy atom. The maximum atomic E-state index is 12.2. The monoisotopic (exact) mass is 277 g/mol. The Balaban J connectivity index is 1.83. The third kappa shape index (κ3) is 4.21. The highest BCUT2D eigenvalue weighted by atomic mass is 16.2. The molecule has 0 aromatic rings. The van der Waals surface area contributed by atoms with Gasteiger partial charge in [-0.3, -0.25) is 9.69 Å². The fourth-order valence-electron chi connectivity index (χ4n) is 2.65. The number of hydrogen-bond acceptors (Lipinski definition) is 3. The molecule has 1 unspecified atom stereocenters. The zero-order valence-electron chi connectivity index (χ0n) is 13.0. The molecular formula is C16H27N3O. The van der Waals surface area contributed by atoms with Crippen LogP contribution < -0.4 is 5.32 Å². The molecule has 1 atom stereocenters. The minimum atomic E-state index is -0.662. The van der Waals surface area contributed by atoms with Crippen LogP contribution in [0.15, 0.2) is 0 Å². The molecule has 0 radical (unpaired) electrons. The van der Waals surface area contributed by atoms with Crippen molar-refractivity contribution in [2.75, 3.05) is 13.1 Å². The predicted octanol–water partition coefficient (Wildman–Crippen LogP) is 2.31. The Labute approximate surface area is 122 Å². The predicted molar refractivity (Wildman–Crippen MR) is 78.9 cm³/mol. The summed E-state index contributed by atoms with van der Waals surface area (Å²) in [5.74, 6) is 1.02. The summed E-state index contributed by atoms with van der Waals surface area (Å²) in [6.45, 7) is 7.72. The number of rotatable bonds is 8. The smallest absolute Gasteiger partial charge is 0.235 e. The van der Waals surface area contributed by atoms with E-state index in [1.54, 1.807) is 0 Å². The second-order valence-corrected chi connectivity index (χ2v) is 7.02. The van der Waals surface area contributed by atoms with E-state index in [-0.39, 0.29) is 5.91 Å². The molecule has 112 valence electrons. The van der Waals surface area contributed by atoms with Gasteiger partial charge < -0.3 is 5.32 Å². The first-order valence-electron chi connectivity index (χ1n) is 7.91. The maximum Gasteiger partial charge on any atom is 0.235 e. The van der Waals surface area contributed by atoms with E-state index >= 15 is 0 Å². The van der Waals surface area contributed by atoms with Crippen LogP contribution in [0, 0.1) is 23.2 Å². The summed E-state index contributed by atoms with van der Waals surface area (Å²) >= 11 is 0. The minimum Gasteiger partial charge on any atom is -0.337 e. The lowest BCUT2D eigenvalue weighted by Crippen LogP contribution is -2.50. The third-order valence-electron chi connectivity index (χ3n) is 4.43. The van der Waals surface area contributed by atoms with Gasteiger partial charge in [-0.05, 0) is 57.4 Å². The van der Waals surface area contributed by atoms with Crippen molar-refractivity contribution < 1.29 is 4.79 Å². The van der Waals surface area contributed by atoms with Crippen LogP contribution in [0.25, 0.3) is 0 Å². The van der Waals surface area contributed by atoms with Gasteiger partial charge in [-0.1, -0.05) is 13.8 Å². The van der Waals surface area contributed by atoms with E-state index in [1.807, 2.05) is 6.92 Å². The summed E-state index contributed by atoms with van der Waals surface area (Å²) in [5.41, 5.74) is -0.662. The van der Waals surface area contributed by atoms with Crippen molar-refractivity contribution in [2.24, 2.45) is 11.8 Å². The van der Waals surface area contributed by atoms with Crippen LogP contribution in [-0.2, 0) is 4.79 Å². The molecule has 2 saturated carbocycles. The first kappa shape index (κ1) is 15.3. The van der Waals surface area contributed by atoms with E-state index in [4.69, 9.17) is 0 Å². The Kier molecular flexibility index (Phi) is 4.70. The second kappa shape index (κ2) is 6.13. The van der Waals surface area contributed by atoms with Gasteiger partial charge in [0.1, 0.15) is 5.54 Å². The highest BCUT2D eigenvalue weighted by molar-refractivity contribution is 5.79. The summed E-state index contributed by atoms with van der Waals surface area (Å²) in [5, 5.41) is 12.3. The molecule has 20 heavy (non-hydrogen) atoms. The van der Waals surface area contributed by atoms with Crippen molar-refractivity contribution in [1.29, 1.82) is 5.26 Å². The molecule has 2 fully saturated rings. The summed E-state index contributed by atoms with van der Waals surface area (Å²) in [4.78, 5) is 14.5. The van der Waals surface area contributed by atoms with Gasteiger partial charge in [-0.15, -0.1) is 0 Å². The third-order valence-corrected chi connectivity index (χ3v) is 4.43. The van der Waals surface area contributed by atoms with Crippen molar-refractivity contribution >= 4 is 5.91 Å². The highest BCUT2D eigenvalue weighted by Gasteiger charge is 2.43. The molecule has 2 aliphatic rings. The molecule has 0 bridgehead atoms. The van der Waals surface area contributed by atoms with E-state index in [0.29, 0.717) is 24.4 Å². The normalized spacial score (nSPS) is 21.6. The Morgan fingerprint density at radius 3 is 2.50 bits per heavy atom. The van der Waals surface area contributed by atoms with Crippen LogP contribution >= 0.6 is 0 Å². The zero-order chi connectivity index (χ0) is 14.8. The van der Waals surface area contributed by atoms with Gasteiger partial charge in [0.15, 0.2) is 0 Å². The lowest BCUT2D eigenvalue weighted by atomic mass is 9.98. The summed E-state index contributed by atoms with van der Waals surface area (Å²) < 4.78 is 0. The van der Waals surface area contributed by atoms with Gasteiger partial charge >= 0.3 is 0 Å². The topological polar surface area (TPSA) is 56.1 Å². The van der Waals surface area contributed by atoms with Crippen molar-refractivity contribution in [3.63, 3.8) is 0 Å². The van der Waals surface area contributed by atoms with E-state index < -0.39 is 5.54 Å². The molecule has 1 amide bonds. The van der Waals surface area contributed by atoms with Crippen LogP contribution in [0.1, 0.15) is 52.9 Å². The number of nitrogens with zero attached hydrogens (tertiary/aromatic N) is 2. The van der Waals surface area contributed by atoms with Gasteiger partial charge in [-0.25, -0.2) is 0 Å².